The molecule has 2 amide bonds. The molecule has 0 unspecified atom stereocenters. The molecule has 28 heavy (non-hydrogen) atoms. The molecule has 148 valence electrons. The first-order chi connectivity index (χ1) is 13.7. The highest BCUT2D eigenvalue weighted by Gasteiger charge is 2.25. The fourth-order valence-corrected chi connectivity index (χ4v) is 3.48. The second-order valence-electron chi connectivity index (χ2n) is 6.97. The van der Waals surface area contributed by atoms with E-state index in [1.165, 1.54) is 0 Å². The molecule has 1 saturated heterocycles. The van der Waals surface area contributed by atoms with Crippen molar-refractivity contribution in [3.8, 4) is 5.75 Å². The first kappa shape index (κ1) is 19.9. The Morgan fingerprint density at radius 1 is 1.21 bits per heavy atom. The van der Waals surface area contributed by atoms with Crippen LogP contribution < -0.4 is 15.4 Å². The normalized spacial score (nSPS) is 14.8. The number of rotatable bonds is 9. The Balaban J connectivity index is 1.61. The molecule has 3 rings (SSSR count). The number of likely N-dealkylation sites (tertiary alicyclic amines) is 1. The van der Waals surface area contributed by atoms with Crippen molar-refractivity contribution in [2.45, 2.75) is 25.3 Å². The van der Waals surface area contributed by atoms with Crippen molar-refractivity contribution >= 4 is 17.5 Å². The number of nitrogens with two attached hydrogens (primary N) is 1. The number of methoxy groups -OCH3 is 1. The summed E-state index contributed by atoms with van der Waals surface area (Å²) < 4.78 is 5.23. The highest BCUT2D eigenvalue weighted by atomic mass is 16.5. The maximum absolute atomic E-state index is 13.0. The Bertz CT molecular complexity index is 795. The molecule has 0 radical (unpaired) electrons. The molecule has 0 aliphatic carbocycles. The molecule has 1 aliphatic heterocycles. The fourth-order valence-electron chi connectivity index (χ4n) is 3.48. The molecule has 2 aromatic rings. The second-order valence-corrected chi connectivity index (χ2v) is 6.97. The number of carbonyl (C=O) groups excluding carboxylic acids is 2. The maximum Gasteiger partial charge on any atom is 0.287 e. The number of amides is 2. The molecule has 0 aromatic heterocycles. The van der Waals surface area contributed by atoms with Crippen LogP contribution in [0.25, 0.3) is 0 Å². The molecule has 6 heteroatoms. The third kappa shape index (κ3) is 5.33. The molecule has 0 bridgehead atoms. The van der Waals surface area contributed by atoms with Crippen LogP contribution in [0.1, 0.15) is 30.9 Å². The lowest BCUT2D eigenvalue weighted by atomic mass is 10.1. The van der Waals surface area contributed by atoms with E-state index >= 15 is 0 Å². The highest BCUT2D eigenvalue weighted by molar-refractivity contribution is 5.94. The van der Waals surface area contributed by atoms with Gasteiger partial charge in [0, 0.05) is 43.2 Å². The minimum atomic E-state index is -0.346. The Hall–Kier alpha value is -2.86. The van der Waals surface area contributed by atoms with Gasteiger partial charge in [0.25, 0.3) is 5.91 Å². The molecule has 0 saturated carbocycles. The molecular formula is C22H28N3O3+. The molecule has 3 N–H and O–H groups in total. The fraction of sp³-hybridized carbons (Fsp3) is 0.364. The van der Waals surface area contributed by atoms with E-state index in [1.54, 1.807) is 13.2 Å². The van der Waals surface area contributed by atoms with E-state index in [0.29, 0.717) is 17.9 Å². The van der Waals surface area contributed by atoms with Crippen LogP contribution in [0.3, 0.4) is 0 Å². The first-order valence-electron chi connectivity index (χ1n) is 9.78. The molecule has 6 nitrogen and oxygen atoms in total. The Kier molecular flexibility index (Phi) is 7.03. The molecule has 1 heterocycles. The van der Waals surface area contributed by atoms with Gasteiger partial charge in [0.1, 0.15) is 5.75 Å². The van der Waals surface area contributed by atoms with Crippen molar-refractivity contribution in [1.29, 1.82) is 0 Å². The lowest BCUT2D eigenvalue weighted by molar-refractivity contribution is -0.682. The summed E-state index contributed by atoms with van der Waals surface area (Å²) in [5, 5.41) is 5.04. The number of hydrogen-bond acceptors (Lipinski definition) is 3. The van der Waals surface area contributed by atoms with Crippen molar-refractivity contribution in [3.63, 3.8) is 0 Å². The van der Waals surface area contributed by atoms with Crippen molar-refractivity contribution in [2.75, 3.05) is 32.1 Å². The molecule has 2 aromatic carbocycles. The van der Waals surface area contributed by atoms with E-state index in [0.717, 1.165) is 38.0 Å². The zero-order chi connectivity index (χ0) is 19.8. The zero-order valence-electron chi connectivity index (χ0n) is 16.3. The number of anilines is 1. The summed E-state index contributed by atoms with van der Waals surface area (Å²) in [6.45, 7) is 2.39. The van der Waals surface area contributed by atoms with Crippen LogP contribution in [0.5, 0.6) is 5.75 Å². The van der Waals surface area contributed by atoms with E-state index in [2.05, 4.69) is 5.32 Å². The molecule has 1 atom stereocenters. The quantitative estimate of drug-likeness (QED) is 0.651. The van der Waals surface area contributed by atoms with Crippen LogP contribution in [-0.2, 0) is 9.59 Å². The molecule has 0 spiro atoms. The van der Waals surface area contributed by atoms with Gasteiger partial charge in [-0.05, 0) is 18.6 Å². The van der Waals surface area contributed by atoms with Gasteiger partial charge < -0.3 is 20.3 Å². The van der Waals surface area contributed by atoms with Crippen LogP contribution in [0.15, 0.2) is 54.6 Å². The lowest BCUT2D eigenvalue weighted by Gasteiger charge is -2.18. The van der Waals surface area contributed by atoms with Crippen LogP contribution in [-0.4, -0.2) is 43.5 Å². The van der Waals surface area contributed by atoms with Crippen molar-refractivity contribution in [2.24, 2.45) is 0 Å². The highest BCUT2D eigenvalue weighted by Crippen LogP contribution is 2.18. The third-order valence-corrected chi connectivity index (χ3v) is 4.98. The first-order valence-corrected chi connectivity index (χ1v) is 9.78. The topological polar surface area (TPSA) is 75.2 Å². The van der Waals surface area contributed by atoms with E-state index in [1.807, 2.05) is 58.7 Å². The Morgan fingerprint density at radius 3 is 2.75 bits per heavy atom. The van der Waals surface area contributed by atoms with Gasteiger partial charge in [-0.3, -0.25) is 9.59 Å². The summed E-state index contributed by atoms with van der Waals surface area (Å²) in [7, 11) is 1.60. The van der Waals surface area contributed by atoms with E-state index < -0.39 is 0 Å². The summed E-state index contributed by atoms with van der Waals surface area (Å²) in [6, 6.07) is 16.8. The summed E-state index contributed by atoms with van der Waals surface area (Å²) in [6.07, 6.45) is 2.49. The van der Waals surface area contributed by atoms with Gasteiger partial charge in [0.15, 0.2) is 6.04 Å². The summed E-state index contributed by atoms with van der Waals surface area (Å²) in [5.74, 6) is 0.875. The third-order valence-electron chi connectivity index (χ3n) is 4.98. The predicted octanol–water partition coefficient (Wildman–Crippen LogP) is 1.95. The molecule has 1 fully saturated rings. The van der Waals surface area contributed by atoms with Crippen molar-refractivity contribution < 1.29 is 19.6 Å². The van der Waals surface area contributed by atoms with Crippen LogP contribution >= 0.6 is 0 Å². The monoisotopic (exact) mass is 382 g/mol. The van der Waals surface area contributed by atoms with Gasteiger partial charge in [-0.2, -0.15) is 0 Å². The molecular weight excluding hydrogens is 354 g/mol. The largest absolute Gasteiger partial charge is 0.497 e. The number of carbonyl (C=O) groups is 2. The van der Waals surface area contributed by atoms with E-state index in [-0.39, 0.29) is 17.9 Å². The van der Waals surface area contributed by atoms with E-state index in [4.69, 9.17) is 4.74 Å². The summed E-state index contributed by atoms with van der Waals surface area (Å²) in [4.78, 5) is 26.6. The number of benzene rings is 2. The number of hydrogen-bond donors (Lipinski definition) is 2. The van der Waals surface area contributed by atoms with Crippen LogP contribution in [0.2, 0.25) is 0 Å². The Labute approximate surface area is 165 Å². The van der Waals surface area contributed by atoms with Gasteiger partial charge in [-0.15, -0.1) is 0 Å². The Morgan fingerprint density at radius 2 is 2.04 bits per heavy atom. The molecule has 1 aliphatic rings. The average molecular weight is 382 g/mol. The predicted molar refractivity (Wildman–Crippen MR) is 108 cm³/mol. The lowest BCUT2D eigenvalue weighted by Crippen LogP contribution is -2.87. The standard InChI is InChI=1S/C22H27N3O3/c1-28-19-11-5-10-18(16-19)24-22(27)21(17-8-3-2-4-9-17)23-13-7-15-25-14-6-12-20(25)26/h2-5,8-11,16,21,23H,6-7,12-15H2,1H3,(H,24,27)/p+1/t21-/m0/s1. The number of nitrogens with one attached hydrogen (secondary N) is 1. The minimum Gasteiger partial charge on any atom is -0.497 e. The van der Waals surface area contributed by atoms with Crippen molar-refractivity contribution in [3.05, 3.63) is 60.2 Å². The summed E-state index contributed by atoms with van der Waals surface area (Å²) in [5.41, 5.74) is 1.67. The van der Waals surface area contributed by atoms with Gasteiger partial charge >= 0.3 is 0 Å². The number of nitrogens with zero attached hydrogens (tertiary/aromatic N) is 1. The summed E-state index contributed by atoms with van der Waals surface area (Å²) >= 11 is 0. The van der Waals surface area contributed by atoms with Gasteiger partial charge in [0.2, 0.25) is 5.91 Å². The maximum atomic E-state index is 13.0. The zero-order valence-corrected chi connectivity index (χ0v) is 16.3. The second kappa shape index (κ2) is 9.90. The van der Waals surface area contributed by atoms with Gasteiger partial charge in [-0.25, -0.2) is 0 Å². The van der Waals surface area contributed by atoms with Crippen molar-refractivity contribution in [1.82, 2.24) is 4.90 Å². The smallest absolute Gasteiger partial charge is 0.287 e. The van der Waals surface area contributed by atoms with E-state index in [9.17, 15) is 9.59 Å². The van der Waals surface area contributed by atoms with Crippen LogP contribution in [0, 0.1) is 0 Å². The van der Waals surface area contributed by atoms with Crippen LogP contribution in [0.4, 0.5) is 5.69 Å². The number of ether oxygens (including phenoxy) is 1. The van der Waals surface area contributed by atoms with Gasteiger partial charge in [0.05, 0.1) is 13.7 Å². The SMILES string of the molecule is COc1cccc(NC(=O)[C@@H]([NH2+]CCCN2CCCC2=O)c2ccccc2)c1. The number of quaternary nitrogens is 1. The average Bonchev–Trinajstić information content (AvgIpc) is 3.13. The van der Waals surface area contributed by atoms with Gasteiger partial charge in [-0.1, -0.05) is 36.4 Å². The minimum absolute atomic E-state index is 0.0725.